The van der Waals surface area contributed by atoms with Gasteiger partial charge in [-0.2, -0.15) is 47.4 Å². The van der Waals surface area contributed by atoms with Crippen LogP contribution in [-0.2, 0) is 12.4 Å². The number of hydrogen-bond donors (Lipinski definition) is 0. The molecule has 14 heteroatoms. The summed E-state index contributed by atoms with van der Waals surface area (Å²) >= 11 is 0. The van der Waals surface area contributed by atoms with E-state index in [-0.39, 0.29) is 49.8 Å². The highest BCUT2D eigenvalue weighted by Crippen LogP contribution is 2.41. The van der Waals surface area contributed by atoms with Crippen LogP contribution in [0.15, 0.2) is 69.5 Å². The van der Waals surface area contributed by atoms with E-state index >= 15 is 0 Å². The van der Waals surface area contributed by atoms with Crippen LogP contribution < -0.4 is 11.1 Å². The third-order valence-electron chi connectivity index (χ3n) is 7.03. The van der Waals surface area contributed by atoms with Crippen LogP contribution in [-0.4, -0.2) is 9.97 Å². The van der Waals surface area contributed by atoms with Gasteiger partial charge < -0.3 is 8.83 Å². The van der Waals surface area contributed by atoms with Gasteiger partial charge in [-0.05, 0) is 52.9 Å². The van der Waals surface area contributed by atoms with E-state index in [0.29, 0.717) is 5.39 Å². The summed E-state index contributed by atoms with van der Waals surface area (Å²) in [4.78, 5) is 8.63. The molecule has 6 aromatic rings. The van der Waals surface area contributed by atoms with E-state index in [2.05, 4.69) is 9.97 Å². The van der Waals surface area contributed by atoms with Gasteiger partial charge in [0.2, 0.25) is 11.1 Å². The Morgan fingerprint density at radius 3 is 1.43 bits per heavy atom. The van der Waals surface area contributed by atoms with E-state index in [4.69, 9.17) is 8.83 Å². The Morgan fingerprint density at radius 1 is 0.565 bits per heavy atom. The summed E-state index contributed by atoms with van der Waals surface area (Å²) in [7, 11) is 0. The van der Waals surface area contributed by atoms with Crippen LogP contribution in [0, 0.1) is 45.3 Å². The number of halogens is 6. The van der Waals surface area contributed by atoms with Gasteiger partial charge in [-0.15, -0.1) is 0 Å². The van der Waals surface area contributed by atoms with Gasteiger partial charge in [-0.1, -0.05) is 24.3 Å². The Labute approximate surface area is 252 Å². The predicted octanol–water partition coefficient (Wildman–Crippen LogP) is 6.89. The fourth-order valence-electron chi connectivity index (χ4n) is 4.92. The van der Waals surface area contributed by atoms with Gasteiger partial charge in [-0.3, -0.25) is 0 Å². The number of aromatic nitrogens is 2. The summed E-state index contributed by atoms with van der Waals surface area (Å²) in [6, 6.07) is 17.9. The minimum atomic E-state index is -4.62. The van der Waals surface area contributed by atoms with Crippen LogP contribution in [0.2, 0.25) is 0 Å². The molecule has 4 aromatic carbocycles. The highest BCUT2D eigenvalue weighted by Gasteiger charge is 2.31. The van der Waals surface area contributed by atoms with Gasteiger partial charge in [-0.25, -0.2) is 9.97 Å². The minimum Gasteiger partial charge on any atom is -0.434 e. The second kappa shape index (κ2) is 10.5. The predicted molar refractivity (Wildman–Crippen MR) is 148 cm³/mol. The molecular weight excluding hydrogens is 614 g/mol. The average Bonchev–Trinajstić information content (AvgIpc) is 3.66. The van der Waals surface area contributed by atoms with E-state index in [9.17, 15) is 47.4 Å². The van der Waals surface area contributed by atoms with Crippen LogP contribution >= 0.6 is 0 Å². The molecule has 0 aliphatic heterocycles. The fraction of sp³-hybridized carbons (Fsp3) is 0.0625. The molecule has 0 N–H and O–H groups in total. The van der Waals surface area contributed by atoms with Crippen molar-refractivity contribution in [2.24, 2.45) is 0 Å². The molecule has 2 heterocycles. The number of rotatable bonds is 2. The minimum absolute atomic E-state index is 0.00691. The molecule has 0 radical (unpaired) electrons. The Hall–Kier alpha value is -6.64. The van der Waals surface area contributed by atoms with Crippen LogP contribution in [0.3, 0.4) is 0 Å². The van der Waals surface area contributed by atoms with E-state index in [1.54, 1.807) is 24.3 Å². The molecule has 8 nitrogen and oxygen atoms in total. The van der Waals surface area contributed by atoms with Crippen LogP contribution in [0.5, 0.6) is 0 Å². The molecule has 0 aliphatic carbocycles. The number of nitrogens with zero attached hydrogens (tertiary/aromatic N) is 6. The van der Waals surface area contributed by atoms with E-state index < -0.39 is 45.7 Å². The first-order chi connectivity index (χ1) is 21.9. The number of hydrogen-bond acceptors (Lipinski definition) is 8. The van der Waals surface area contributed by atoms with Crippen LogP contribution in [0.25, 0.3) is 66.4 Å². The Kier molecular flexibility index (Phi) is 6.73. The summed E-state index contributed by atoms with van der Waals surface area (Å²) in [5.74, 6) is 0. The van der Waals surface area contributed by atoms with E-state index in [0.717, 1.165) is 24.3 Å². The lowest BCUT2D eigenvalue weighted by atomic mass is 9.94. The molecule has 0 bridgehead atoms. The second-order valence-electron chi connectivity index (χ2n) is 9.69. The van der Waals surface area contributed by atoms with E-state index in [1.165, 1.54) is 36.4 Å². The first-order valence-corrected chi connectivity index (χ1v) is 12.8. The molecule has 0 amide bonds. The monoisotopic (exact) mass is 624 g/mol. The standard InChI is InChI=1S/C32H10F6N6O2/c33-31(34,35)20-5-1-15(2-6-20)22-9-17-10-23(16-3-7-21(8-4-16)32(36,37)38)27-26(44-30(45-27)19(13-41)14-42)24(17)28-25(22)43-29(46-28)18(11-39)12-40/h1-10H. The maximum absolute atomic E-state index is 13.3. The van der Waals surface area contributed by atoms with Crippen molar-refractivity contribution in [1.29, 1.82) is 21.0 Å². The van der Waals surface area contributed by atoms with Gasteiger partial charge in [0, 0.05) is 11.1 Å². The van der Waals surface area contributed by atoms with Gasteiger partial charge >= 0.3 is 12.4 Å². The van der Waals surface area contributed by atoms with Crippen molar-refractivity contribution in [2.45, 2.75) is 12.4 Å². The maximum Gasteiger partial charge on any atom is 0.416 e. The molecule has 0 unspecified atom stereocenters. The first kappa shape index (κ1) is 29.4. The Bertz CT molecular complexity index is 2330. The lowest BCUT2D eigenvalue weighted by Crippen LogP contribution is -2.04. The molecule has 0 atom stereocenters. The maximum atomic E-state index is 13.3. The molecule has 0 spiro atoms. The zero-order valence-electron chi connectivity index (χ0n) is 22.5. The van der Waals surface area contributed by atoms with Gasteiger partial charge in [0.25, 0.3) is 0 Å². The summed E-state index contributed by atoms with van der Waals surface area (Å²) in [6.07, 6.45) is -9.23. The molecule has 46 heavy (non-hydrogen) atoms. The Balaban J connectivity index is 1.79. The van der Waals surface area contributed by atoms with Crippen LogP contribution in [0.4, 0.5) is 26.3 Å². The van der Waals surface area contributed by atoms with Crippen molar-refractivity contribution >= 4 is 44.1 Å². The average molecular weight is 624 g/mol. The van der Waals surface area contributed by atoms with Gasteiger partial charge in [0.1, 0.15) is 35.3 Å². The van der Waals surface area contributed by atoms with Crippen molar-refractivity contribution in [2.75, 3.05) is 0 Å². The van der Waals surface area contributed by atoms with Gasteiger partial charge in [0.05, 0.1) is 16.5 Å². The summed E-state index contributed by atoms with van der Waals surface area (Å²) in [5, 5.41) is 38.3. The number of oxazole rings is 2. The Morgan fingerprint density at radius 2 is 0.978 bits per heavy atom. The van der Waals surface area contributed by atoms with Crippen molar-refractivity contribution < 1.29 is 35.2 Å². The molecule has 222 valence electrons. The number of benzene rings is 4. The van der Waals surface area contributed by atoms with Crippen molar-refractivity contribution in [3.63, 3.8) is 0 Å². The molecule has 0 saturated carbocycles. The topological polar surface area (TPSA) is 147 Å². The quantitative estimate of drug-likeness (QED) is 0.189. The lowest BCUT2D eigenvalue weighted by Gasteiger charge is -2.11. The third kappa shape index (κ3) is 4.81. The summed E-state index contributed by atoms with van der Waals surface area (Å²) < 4.78 is 91.5. The van der Waals surface area contributed by atoms with Crippen molar-refractivity contribution in [1.82, 2.24) is 9.97 Å². The molecule has 0 fully saturated rings. The normalized spacial score (nSPS) is 11.6. The number of nitriles is 4. The third-order valence-corrected chi connectivity index (χ3v) is 7.03. The summed E-state index contributed by atoms with van der Waals surface area (Å²) in [6.45, 7) is 0. The number of fused-ring (bicyclic) bond motifs is 5. The lowest BCUT2D eigenvalue weighted by molar-refractivity contribution is -0.138. The zero-order valence-corrected chi connectivity index (χ0v) is 22.5. The highest BCUT2D eigenvalue weighted by atomic mass is 19.4. The van der Waals surface area contributed by atoms with E-state index in [1.807, 2.05) is 0 Å². The van der Waals surface area contributed by atoms with Crippen molar-refractivity contribution in [3.05, 3.63) is 82.9 Å². The molecule has 0 saturated heterocycles. The fourth-order valence-corrected chi connectivity index (χ4v) is 4.92. The zero-order chi connectivity index (χ0) is 33.0. The molecular formula is C32H10F6N6O2. The summed E-state index contributed by atoms with van der Waals surface area (Å²) in [5.41, 5.74) is -2.83. The second-order valence-corrected chi connectivity index (χ2v) is 9.69. The largest absolute Gasteiger partial charge is 0.434 e. The van der Waals surface area contributed by atoms with Crippen LogP contribution in [0.1, 0.15) is 11.1 Å². The first-order valence-electron chi connectivity index (χ1n) is 12.8. The number of alkyl halides is 6. The molecule has 2 aromatic heterocycles. The smallest absolute Gasteiger partial charge is 0.416 e. The SMILES string of the molecule is N#CC(C#N)=c1nc2c(o1)c(-c1ccc(C(F)(F)F)cc1)cc1cc(-c3ccc(C(F)(F)F)cc3)c3nc(=C(C#N)C#N)oc3c12. The molecule has 0 aliphatic rings. The highest BCUT2D eigenvalue weighted by molar-refractivity contribution is 6.21. The van der Waals surface area contributed by atoms with Gasteiger partial charge in [0.15, 0.2) is 22.3 Å². The van der Waals surface area contributed by atoms with Crippen molar-refractivity contribution in [3.8, 4) is 46.5 Å². The molecule has 6 rings (SSSR count).